The minimum atomic E-state index is -3.39. The van der Waals surface area contributed by atoms with E-state index in [1.54, 1.807) is 0 Å². The maximum Gasteiger partial charge on any atom is 0.309 e. The van der Waals surface area contributed by atoms with Crippen molar-refractivity contribution < 1.29 is 42.5 Å². The van der Waals surface area contributed by atoms with Gasteiger partial charge < -0.3 is 19.7 Å². The van der Waals surface area contributed by atoms with Gasteiger partial charge in [0, 0.05) is 31.3 Å². The summed E-state index contributed by atoms with van der Waals surface area (Å²) in [6.07, 6.45) is 1.03. The molecule has 228 valence electrons. The Balaban J connectivity index is 1.32. The van der Waals surface area contributed by atoms with Gasteiger partial charge in [-0.2, -0.15) is 0 Å². The van der Waals surface area contributed by atoms with Crippen molar-refractivity contribution in [3.63, 3.8) is 0 Å². The summed E-state index contributed by atoms with van der Waals surface area (Å²) >= 11 is 0. The maximum atomic E-state index is 14.2. The van der Waals surface area contributed by atoms with Gasteiger partial charge in [-0.25, -0.2) is 12.7 Å². The molecule has 8 atom stereocenters. The smallest absolute Gasteiger partial charge is 0.309 e. The minimum Gasteiger partial charge on any atom is -0.460 e. The summed E-state index contributed by atoms with van der Waals surface area (Å²) in [5.41, 5.74) is -3.27. The van der Waals surface area contributed by atoms with E-state index in [0.29, 0.717) is 25.7 Å². The number of aliphatic hydroxyl groups excluding tert-OH is 1. The third-order valence-electron chi connectivity index (χ3n) is 11.8. The van der Waals surface area contributed by atoms with Crippen molar-refractivity contribution in [1.29, 1.82) is 0 Å². The third kappa shape index (κ3) is 3.62. The van der Waals surface area contributed by atoms with Crippen molar-refractivity contribution in [3.8, 4) is 0 Å². The van der Waals surface area contributed by atoms with E-state index in [4.69, 9.17) is 9.47 Å². The zero-order valence-electron chi connectivity index (χ0n) is 24.3. The van der Waals surface area contributed by atoms with Gasteiger partial charge in [-0.05, 0) is 55.4 Å². The van der Waals surface area contributed by atoms with Crippen molar-refractivity contribution >= 4 is 27.6 Å². The topological polar surface area (TPSA) is 148 Å². The van der Waals surface area contributed by atoms with Crippen LogP contribution in [0.2, 0.25) is 0 Å². The van der Waals surface area contributed by atoms with Crippen LogP contribution in [-0.4, -0.2) is 83.9 Å². The largest absolute Gasteiger partial charge is 0.460 e. The highest BCUT2D eigenvalue weighted by atomic mass is 32.2. The molecular weight excluding hydrogens is 550 g/mol. The number of carbonyl (C=O) groups is 3. The standard InChI is InChI=1S/C30H43NO9S/c1-5-6-15-41(37,38)31-13-10-18(11-14-31)26(35)40-25-19-7-8-20-28-16-39-30(36,29(20,25)23(33)17(19)2)24(34)22(28)27(3,4)12-9-21(28)32/h18-20,22,24-25,34,36H,2,5-16H2,1,3-4H3/t19-,20-,22+,24-,25+,28+,29-,30+/m0/s1. The van der Waals surface area contributed by atoms with Gasteiger partial charge in [-0.1, -0.05) is 33.8 Å². The van der Waals surface area contributed by atoms with E-state index in [1.807, 2.05) is 20.8 Å². The van der Waals surface area contributed by atoms with Gasteiger partial charge in [0.25, 0.3) is 0 Å². The number of rotatable bonds is 6. The number of fused-ring (bicyclic) bond motifs is 2. The van der Waals surface area contributed by atoms with E-state index in [9.17, 15) is 33.0 Å². The van der Waals surface area contributed by atoms with E-state index in [1.165, 1.54) is 4.31 Å². The molecule has 3 heterocycles. The first-order valence-electron chi connectivity index (χ1n) is 15.2. The van der Waals surface area contributed by atoms with Gasteiger partial charge >= 0.3 is 5.97 Å². The van der Waals surface area contributed by atoms with Crippen LogP contribution in [0, 0.1) is 39.9 Å². The number of sulfonamides is 1. The first-order valence-corrected chi connectivity index (χ1v) is 16.8. The lowest BCUT2D eigenvalue weighted by molar-refractivity contribution is -0.437. The highest BCUT2D eigenvalue weighted by molar-refractivity contribution is 7.89. The molecule has 11 heteroatoms. The molecule has 7 aliphatic rings. The highest BCUT2D eigenvalue weighted by Gasteiger charge is 2.88. The zero-order chi connectivity index (χ0) is 29.8. The van der Waals surface area contributed by atoms with E-state index >= 15 is 0 Å². The number of ketones is 2. The third-order valence-corrected chi connectivity index (χ3v) is 13.8. The van der Waals surface area contributed by atoms with Gasteiger partial charge in [0.15, 0.2) is 5.78 Å². The van der Waals surface area contributed by atoms with Gasteiger partial charge in [-0.3, -0.25) is 14.4 Å². The van der Waals surface area contributed by atoms with E-state index < -0.39 is 79.7 Å². The van der Waals surface area contributed by atoms with Crippen LogP contribution in [-0.2, 0) is 33.9 Å². The van der Waals surface area contributed by atoms with Gasteiger partial charge in [0.05, 0.1) is 23.7 Å². The molecule has 10 nitrogen and oxygen atoms in total. The summed E-state index contributed by atoms with van der Waals surface area (Å²) < 4.78 is 38.9. The van der Waals surface area contributed by atoms with Crippen molar-refractivity contribution in [1.82, 2.24) is 4.31 Å². The first-order chi connectivity index (χ1) is 19.2. The zero-order valence-corrected chi connectivity index (χ0v) is 25.1. The molecule has 0 aromatic heterocycles. The fourth-order valence-corrected chi connectivity index (χ4v) is 11.5. The van der Waals surface area contributed by atoms with E-state index in [2.05, 4.69) is 6.58 Å². The first kappa shape index (κ1) is 29.4. The Morgan fingerprint density at radius 3 is 2.51 bits per heavy atom. The lowest BCUT2D eigenvalue weighted by Crippen LogP contribution is -2.85. The molecule has 3 saturated heterocycles. The number of piperidine rings is 1. The summed E-state index contributed by atoms with van der Waals surface area (Å²) in [5.74, 6) is -5.79. The quantitative estimate of drug-likeness (QED) is 0.348. The second-order valence-corrected chi connectivity index (χ2v) is 16.1. The van der Waals surface area contributed by atoms with Crippen molar-refractivity contribution in [2.24, 2.45) is 39.9 Å². The van der Waals surface area contributed by atoms with Crippen molar-refractivity contribution in [3.05, 3.63) is 12.2 Å². The summed E-state index contributed by atoms with van der Waals surface area (Å²) in [7, 11) is -3.39. The molecular formula is C30H43NO9S. The Labute approximate surface area is 241 Å². The molecule has 7 rings (SSSR count). The molecule has 41 heavy (non-hydrogen) atoms. The number of hydrogen-bond acceptors (Lipinski definition) is 9. The Hall–Kier alpha value is -1.66. The summed E-state index contributed by atoms with van der Waals surface area (Å²) in [5, 5.41) is 24.1. The SMILES string of the molecule is C=C1C(=O)[C@]23[C@H](OC(=O)C4CCN(S(=O)(=O)CCCC)CC4)[C@H]1CC[C@H]2[C@@]12CO[C@]3(O)[C@@H](O)[C@@H]1C(C)(C)CCC2=O. The molecule has 4 aliphatic carbocycles. The number of Topliss-reactive ketones (excluding diaryl/α,β-unsaturated/α-hetero) is 2. The number of hydrogen-bond donors (Lipinski definition) is 2. The number of nitrogens with zero attached hydrogens (tertiary/aromatic N) is 1. The average molecular weight is 594 g/mol. The molecule has 3 aliphatic heterocycles. The molecule has 0 unspecified atom stereocenters. The van der Waals surface area contributed by atoms with Gasteiger partial charge in [0.2, 0.25) is 15.8 Å². The van der Waals surface area contributed by atoms with Crippen LogP contribution in [0.1, 0.15) is 72.1 Å². The maximum absolute atomic E-state index is 14.2. The summed E-state index contributed by atoms with van der Waals surface area (Å²) in [4.78, 5) is 41.7. The second-order valence-electron chi connectivity index (χ2n) is 14.0. The van der Waals surface area contributed by atoms with Gasteiger partial charge in [-0.15, -0.1) is 0 Å². The molecule has 2 N–H and O–H groups in total. The molecule has 0 amide bonds. The fourth-order valence-electron chi connectivity index (χ4n) is 9.81. The molecule has 4 bridgehead atoms. The molecule has 0 aromatic rings. The lowest BCUT2D eigenvalue weighted by Gasteiger charge is -2.73. The van der Waals surface area contributed by atoms with Crippen LogP contribution in [0.3, 0.4) is 0 Å². The number of carbonyl (C=O) groups excluding carboxylic acids is 3. The van der Waals surface area contributed by atoms with Crippen molar-refractivity contribution in [2.75, 3.05) is 25.4 Å². The second kappa shape index (κ2) is 9.42. The van der Waals surface area contributed by atoms with Crippen molar-refractivity contribution in [2.45, 2.75) is 90.1 Å². The predicted octanol–water partition coefficient (Wildman–Crippen LogP) is 1.98. The summed E-state index contributed by atoms with van der Waals surface area (Å²) in [6.45, 7) is 10.3. The molecule has 0 radical (unpaired) electrons. The average Bonchev–Trinajstić information content (AvgIpc) is 3.05. The monoisotopic (exact) mass is 593 g/mol. The van der Waals surface area contributed by atoms with Crippen LogP contribution in [0.5, 0.6) is 0 Å². The Kier molecular flexibility index (Phi) is 6.76. The normalized spacial score (nSPS) is 44.0. The lowest BCUT2D eigenvalue weighted by atomic mass is 9.36. The minimum absolute atomic E-state index is 0.0718. The number of esters is 1. The predicted molar refractivity (Wildman–Crippen MR) is 147 cm³/mol. The fraction of sp³-hybridized carbons (Fsp3) is 0.833. The number of unbranched alkanes of at least 4 members (excludes halogenated alkanes) is 1. The van der Waals surface area contributed by atoms with E-state index in [0.717, 1.165) is 6.42 Å². The summed E-state index contributed by atoms with van der Waals surface area (Å²) in [6, 6.07) is 0. The number of ether oxygens (including phenoxy) is 2. The van der Waals surface area contributed by atoms with Crippen LogP contribution in [0.4, 0.5) is 0 Å². The Morgan fingerprint density at radius 1 is 1.17 bits per heavy atom. The Bertz CT molecular complexity index is 1290. The molecule has 4 saturated carbocycles. The van der Waals surface area contributed by atoms with Gasteiger partial charge in [0.1, 0.15) is 23.4 Å². The van der Waals surface area contributed by atoms with Crippen LogP contribution < -0.4 is 0 Å². The van der Waals surface area contributed by atoms with Crippen LogP contribution >= 0.6 is 0 Å². The molecule has 0 aromatic carbocycles. The van der Waals surface area contributed by atoms with Crippen LogP contribution in [0.25, 0.3) is 0 Å². The molecule has 7 fully saturated rings. The molecule has 2 spiro atoms. The Morgan fingerprint density at radius 2 is 1.85 bits per heavy atom. The van der Waals surface area contributed by atoms with Crippen LogP contribution in [0.15, 0.2) is 12.2 Å². The number of aliphatic hydroxyl groups is 2. The highest BCUT2D eigenvalue weighted by Crippen LogP contribution is 2.76. The van der Waals surface area contributed by atoms with E-state index in [-0.39, 0.29) is 56.1 Å².